The summed E-state index contributed by atoms with van der Waals surface area (Å²) in [5, 5.41) is 0. The number of carbonyl (C=O) groups excluding carboxylic acids is 2. The molecule has 2 saturated heterocycles. The van der Waals surface area contributed by atoms with Crippen LogP contribution in [-0.4, -0.2) is 36.0 Å². The monoisotopic (exact) mass is 219 g/mol. The van der Waals surface area contributed by atoms with Gasteiger partial charge in [-0.05, 0) is 13.3 Å². The highest BCUT2D eigenvalue weighted by Gasteiger charge is 2.53. The molecule has 0 saturated carbocycles. The lowest BCUT2D eigenvalue weighted by Crippen LogP contribution is -2.36. The molecule has 2 fully saturated rings. The Morgan fingerprint density at radius 3 is 2.94 bits per heavy atom. The van der Waals surface area contributed by atoms with E-state index in [2.05, 4.69) is 0 Å². The summed E-state index contributed by atoms with van der Waals surface area (Å²) in [6.45, 7) is 2.91. The van der Waals surface area contributed by atoms with Crippen molar-refractivity contribution in [1.82, 2.24) is 4.90 Å². The zero-order chi connectivity index (χ0) is 11.3. The van der Waals surface area contributed by atoms with Crippen LogP contribution in [0.4, 0.5) is 0 Å². The average Bonchev–Trinajstić information content (AvgIpc) is 3.05. The van der Waals surface area contributed by atoms with Crippen molar-refractivity contribution in [3.05, 3.63) is 23.8 Å². The lowest BCUT2D eigenvalue weighted by Gasteiger charge is -2.22. The molecule has 0 radical (unpaired) electrons. The molecule has 4 nitrogen and oxygen atoms in total. The normalized spacial score (nSPS) is 36.4. The van der Waals surface area contributed by atoms with Crippen molar-refractivity contribution in [3.63, 3.8) is 0 Å². The number of likely N-dealkylation sites (tertiary alicyclic amines) is 1. The van der Waals surface area contributed by atoms with Gasteiger partial charge in [-0.1, -0.05) is 18.2 Å². The van der Waals surface area contributed by atoms with Crippen LogP contribution in [0.2, 0.25) is 0 Å². The molecule has 2 heterocycles. The van der Waals surface area contributed by atoms with Crippen LogP contribution < -0.4 is 0 Å². The minimum atomic E-state index is -0.638. The lowest BCUT2D eigenvalue weighted by molar-refractivity contribution is -0.141. The number of nitrogens with zero attached hydrogens (tertiary/aromatic N) is 1. The highest BCUT2D eigenvalue weighted by atomic mass is 16.6. The van der Waals surface area contributed by atoms with E-state index in [4.69, 9.17) is 4.74 Å². The van der Waals surface area contributed by atoms with E-state index in [1.165, 1.54) is 4.90 Å². The first-order chi connectivity index (χ1) is 7.63. The number of rotatable bonds is 2. The molecule has 2 amide bonds. The van der Waals surface area contributed by atoms with Crippen molar-refractivity contribution < 1.29 is 14.3 Å². The summed E-state index contributed by atoms with van der Waals surface area (Å²) >= 11 is 0. The molecule has 16 heavy (non-hydrogen) atoms. The van der Waals surface area contributed by atoms with Crippen LogP contribution in [0.5, 0.6) is 0 Å². The predicted octanol–water partition coefficient (Wildman–Crippen LogP) is 0.647. The van der Waals surface area contributed by atoms with E-state index in [0.29, 0.717) is 25.1 Å². The maximum Gasteiger partial charge on any atom is 0.257 e. The molecule has 0 bridgehead atoms. The molecule has 1 aliphatic carbocycles. The quantitative estimate of drug-likeness (QED) is 0.506. The van der Waals surface area contributed by atoms with Crippen LogP contribution >= 0.6 is 0 Å². The number of carbonyl (C=O) groups is 2. The Balaban J connectivity index is 1.94. The van der Waals surface area contributed by atoms with Gasteiger partial charge in [0, 0.05) is 5.57 Å². The highest BCUT2D eigenvalue weighted by molar-refractivity contribution is 6.17. The van der Waals surface area contributed by atoms with E-state index in [-0.39, 0.29) is 17.9 Å². The number of amides is 2. The summed E-state index contributed by atoms with van der Waals surface area (Å²) < 4.78 is 5.07. The average molecular weight is 219 g/mol. The molecule has 0 aromatic heterocycles. The fourth-order valence-corrected chi connectivity index (χ4v) is 2.35. The van der Waals surface area contributed by atoms with Gasteiger partial charge < -0.3 is 4.74 Å². The minimum Gasteiger partial charge on any atom is -0.371 e. The minimum absolute atomic E-state index is 0.0604. The smallest absolute Gasteiger partial charge is 0.257 e. The Hall–Kier alpha value is -1.42. The third kappa shape index (κ3) is 1.19. The van der Waals surface area contributed by atoms with E-state index in [9.17, 15) is 9.59 Å². The van der Waals surface area contributed by atoms with Crippen molar-refractivity contribution in [2.75, 3.05) is 13.2 Å². The number of hydrogen-bond acceptors (Lipinski definition) is 3. The number of fused-ring (bicyclic) bond motifs is 1. The third-order valence-corrected chi connectivity index (χ3v) is 3.50. The topological polar surface area (TPSA) is 49.9 Å². The molecular formula is C12H13NO3. The first-order valence-corrected chi connectivity index (χ1v) is 5.48. The Bertz CT molecular complexity index is 434. The molecule has 2 aliphatic heterocycles. The second-order valence-corrected chi connectivity index (χ2v) is 4.72. The zero-order valence-corrected chi connectivity index (χ0v) is 9.10. The van der Waals surface area contributed by atoms with Crippen LogP contribution in [0.25, 0.3) is 0 Å². The Morgan fingerprint density at radius 1 is 1.56 bits per heavy atom. The largest absolute Gasteiger partial charge is 0.371 e. The van der Waals surface area contributed by atoms with Crippen molar-refractivity contribution in [2.45, 2.75) is 19.4 Å². The van der Waals surface area contributed by atoms with Crippen molar-refractivity contribution in [2.24, 2.45) is 5.41 Å². The summed E-state index contributed by atoms with van der Waals surface area (Å²) in [5.41, 5.74) is -0.0126. The van der Waals surface area contributed by atoms with Gasteiger partial charge in [-0.3, -0.25) is 14.5 Å². The molecule has 0 aromatic carbocycles. The number of allylic oxidation sites excluding steroid dienone is 3. The van der Waals surface area contributed by atoms with Crippen molar-refractivity contribution in [3.8, 4) is 0 Å². The van der Waals surface area contributed by atoms with E-state index in [0.717, 1.165) is 0 Å². The van der Waals surface area contributed by atoms with Crippen molar-refractivity contribution in [1.29, 1.82) is 0 Å². The molecule has 1 unspecified atom stereocenters. The molecule has 0 spiro atoms. The molecule has 84 valence electrons. The fraction of sp³-hybridized carbons (Fsp3) is 0.500. The van der Waals surface area contributed by atoms with Crippen LogP contribution in [0.15, 0.2) is 23.8 Å². The third-order valence-electron chi connectivity index (χ3n) is 3.50. The van der Waals surface area contributed by atoms with Crippen LogP contribution in [0.3, 0.4) is 0 Å². The molecule has 0 N–H and O–H groups in total. The van der Waals surface area contributed by atoms with Gasteiger partial charge in [-0.25, -0.2) is 0 Å². The summed E-state index contributed by atoms with van der Waals surface area (Å²) in [7, 11) is 0. The predicted molar refractivity (Wildman–Crippen MR) is 56.4 cm³/mol. The van der Waals surface area contributed by atoms with Gasteiger partial charge in [0.15, 0.2) is 0 Å². The SMILES string of the molecule is CC12CC=CC=C1C(=O)N(C[C@H]1CO1)C2=O. The van der Waals surface area contributed by atoms with Crippen LogP contribution in [-0.2, 0) is 14.3 Å². The first-order valence-electron chi connectivity index (χ1n) is 5.48. The zero-order valence-electron chi connectivity index (χ0n) is 9.10. The molecule has 4 heteroatoms. The maximum atomic E-state index is 12.2. The fourth-order valence-electron chi connectivity index (χ4n) is 2.35. The Morgan fingerprint density at radius 2 is 2.31 bits per heavy atom. The summed E-state index contributed by atoms with van der Waals surface area (Å²) in [6, 6.07) is 0. The molecular weight excluding hydrogens is 206 g/mol. The van der Waals surface area contributed by atoms with Gasteiger partial charge in [0.1, 0.15) is 0 Å². The second kappa shape index (κ2) is 3.04. The van der Waals surface area contributed by atoms with Crippen LogP contribution in [0.1, 0.15) is 13.3 Å². The first kappa shape index (κ1) is 9.78. The Kier molecular flexibility index (Phi) is 1.86. The molecule has 3 aliphatic rings. The number of epoxide rings is 1. The van der Waals surface area contributed by atoms with Gasteiger partial charge in [-0.15, -0.1) is 0 Å². The molecule has 2 atom stereocenters. The van der Waals surface area contributed by atoms with Gasteiger partial charge in [-0.2, -0.15) is 0 Å². The van der Waals surface area contributed by atoms with Gasteiger partial charge in [0.25, 0.3) is 5.91 Å². The summed E-state index contributed by atoms with van der Waals surface area (Å²) in [4.78, 5) is 25.6. The van der Waals surface area contributed by atoms with Gasteiger partial charge in [0.05, 0.1) is 24.7 Å². The Labute approximate surface area is 93.6 Å². The summed E-state index contributed by atoms with van der Waals surface area (Å²) in [5.74, 6) is -0.226. The summed E-state index contributed by atoms with van der Waals surface area (Å²) in [6.07, 6.45) is 6.22. The lowest BCUT2D eigenvalue weighted by atomic mass is 9.78. The number of hydrogen-bond donors (Lipinski definition) is 0. The molecule has 0 aromatic rings. The second-order valence-electron chi connectivity index (χ2n) is 4.72. The van der Waals surface area contributed by atoms with E-state index in [1.54, 1.807) is 6.08 Å². The number of imide groups is 1. The standard InChI is InChI=1S/C12H13NO3/c1-12-5-3-2-4-9(12)10(14)13(11(12)15)6-8-7-16-8/h2-4,8H,5-7H2,1H3/t8-,12?/m0/s1. The van der Waals surface area contributed by atoms with E-state index >= 15 is 0 Å². The van der Waals surface area contributed by atoms with Gasteiger partial charge >= 0.3 is 0 Å². The van der Waals surface area contributed by atoms with Crippen molar-refractivity contribution >= 4 is 11.8 Å². The van der Waals surface area contributed by atoms with E-state index in [1.807, 2.05) is 19.1 Å². The number of ether oxygens (including phenoxy) is 1. The van der Waals surface area contributed by atoms with Gasteiger partial charge in [0.2, 0.25) is 5.91 Å². The van der Waals surface area contributed by atoms with Crippen LogP contribution in [0, 0.1) is 5.41 Å². The molecule has 3 rings (SSSR count). The van der Waals surface area contributed by atoms with E-state index < -0.39 is 5.41 Å². The highest BCUT2D eigenvalue weighted by Crippen LogP contribution is 2.43. The maximum absolute atomic E-state index is 12.2.